The van der Waals surface area contributed by atoms with Gasteiger partial charge in [-0.15, -0.1) is 11.8 Å². The normalized spacial score (nSPS) is 13.2. The predicted molar refractivity (Wildman–Crippen MR) is 130 cm³/mol. The first-order valence-electron chi connectivity index (χ1n) is 10.2. The van der Waals surface area contributed by atoms with E-state index in [-0.39, 0.29) is 24.9 Å². The molecule has 166 valence electrons. The highest BCUT2D eigenvalue weighted by atomic mass is 16.1. The lowest BCUT2D eigenvalue weighted by Gasteiger charge is -2.20. The molecular formula is C27H46O2. The maximum Gasteiger partial charge on any atom is 0.185 e. The third kappa shape index (κ3) is 11.0. The first-order valence-corrected chi connectivity index (χ1v) is 10.2. The van der Waals surface area contributed by atoms with Crippen molar-refractivity contribution in [2.24, 2.45) is 17.8 Å². The summed E-state index contributed by atoms with van der Waals surface area (Å²) in [6.07, 6.45) is 0. The molecule has 1 aliphatic rings. The minimum atomic E-state index is 0. The number of hydrogen-bond acceptors (Lipinski definition) is 2. The Morgan fingerprint density at radius 3 is 1.38 bits per heavy atom. The van der Waals surface area contributed by atoms with Gasteiger partial charge in [0.05, 0.1) is 0 Å². The molecule has 0 aromatic rings. The van der Waals surface area contributed by atoms with E-state index < -0.39 is 0 Å². The summed E-state index contributed by atoms with van der Waals surface area (Å²) < 4.78 is 0. The van der Waals surface area contributed by atoms with E-state index in [1.54, 1.807) is 20.8 Å². The predicted octanol–water partition coefficient (Wildman–Crippen LogP) is 7.75. The molecule has 2 nitrogen and oxygen atoms in total. The molecule has 0 fully saturated rings. The number of rotatable bonds is 2. The van der Waals surface area contributed by atoms with Crippen LogP contribution < -0.4 is 0 Å². The maximum atomic E-state index is 11.9. The molecular weight excluding hydrogens is 356 g/mol. The summed E-state index contributed by atoms with van der Waals surface area (Å²) >= 11 is 0. The summed E-state index contributed by atoms with van der Waals surface area (Å²) in [5, 5.41) is 0. The van der Waals surface area contributed by atoms with Crippen molar-refractivity contribution in [2.75, 3.05) is 0 Å². The van der Waals surface area contributed by atoms with Crippen LogP contribution in [0.4, 0.5) is 0 Å². The van der Waals surface area contributed by atoms with Crippen molar-refractivity contribution in [2.45, 2.75) is 97.4 Å². The smallest absolute Gasteiger partial charge is 0.185 e. The van der Waals surface area contributed by atoms with Crippen LogP contribution in [-0.4, -0.2) is 11.6 Å². The summed E-state index contributed by atoms with van der Waals surface area (Å²) in [5.41, 5.74) is 5.47. The number of ketones is 2. The van der Waals surface area contributed by atoms with Gasteiger partial charge >= 0.3 is 0 Å². The van der Waals surface area contributed by atoms with Crippen LogP contribution >= 0.6 is 0 Å². The number of allylic oxidation sites excluding steroid dienone is 6. The largest absolute Gasteiger partial charge is 0.289 e. The minimum Gasteiger partial charge on any atom is -0.289 e. The summed E-state index contributed by atoms with van der Waals surface area (Å²) in [6, 6.07) is 0. The summed E-state index contributed by atoms with van der Waals surface area (Å²) in [7, 11) is 0. The second kappa shape index (κ2) is 15.0. The van der Waals surface area contributed by atoms with Gasteiger partial charge in [0.15, 0.2) is 11.6 Å². The fraction of sp³-hybridized carbons (Fsp3) is 0.630. The van der Waals surface area contributed by atoms with Crippen LogP contribution in [0, 0.1) is 29.6 Å². The molecule has 0 aliphatic heterocycles. The fourth-order valence-corrected chi connectivity index (χ4v) is 2.68. The second-order valence-corrected chi connectivity index (χ2v) is 8.49. The Bertz CT molecular complexity index is 707. The van der Waals surface area contributed by atoms with Crippen LogP contribution in [0.25, 0.3) is 0 Å². The average Bonchev–Trinajstić information content (AvgIpc) is 2.58. The van der Waals surface area contributed by atoms with Crippen molar-refractivity contribution in [1.29, 1.82) is 0 Å². The fourth-order valence-electron chi connectivity index (χ4n) is 2.68. The first-order chi connectivity index (χ1) is 12.7. The Labute approximate surface area is 181 Å². The van der Waals surface area contributed by atoms with Gasteiger partial charge in [-0.3, -0.25) is 9.59 Å². The van der Waals surface area contributed by atoms with Gasteiger partial charge < -0.3 is 0 Å². The van der Waals surface area contributed by atoms with E-state index in [0.717, 1.165) is 5.92 Å². The topological polar surface area (TPSA) is 34.1 Å². The number of Topliss-reactive ketones (excluding diaryl/α,β-unsaturated/α-hetero) is 2. The van der Waals surface area contributed by atoms with Crippen molar-refractivity contribution in [3.05, 3.63) is 33.4 Å². The van der Waals surface area contributed by atoms with Gasteiger partial charge in [-0.1, -0.05) is 60.1 Å². The average molecular weight is 403 g/mol. The molecule has 0 amide bonds. The van der Waals surface area contributed by atoms with Gasteiger partial charge in [0, 0.05) is 28.2 Å². The zero-order valence-corrected chi connectivity index (χ0v) is 20.5. The summed E-state index contributed by atoms with van der Waals surface area (Å²) in [4.78, 5) is 23.6. The van der Waals surface area contributed by atoms with Crippen molar-refractivity contribution in [3.63, 3.8) is 0 Å². The third-order valence-electron chi connectivity index (χ3n) is 4.90. The van der Waals surface area contributed by atoms with Gasteiger partial charge in [-0.25, -0.2) is 0 Å². The molecule has 0 spiro atoms. The van der Waals surface area contributed by atoms with E-state index >= 15 is 0 Å². The molecule has 29 heavy (non-hydrogen) atoms. The van der Waals surface area contributed by atoms with E-state index in [4.69, 9.17) is 0 Å². The Morgan fingerprint density at radius 2 is 1.17 bits per heavy atom. The summed E-state index contributed by atoms with van der Waals surface area (Å²) in [5.74, 6) is 7.21. The van der Waals surface area contributed by atoms with Gasteiger partial charge in [-0.05, 0) is 60.3 Å². The van der Waals surface area contributed by atoms with Crippen molar-refractivity contribution < 1.29 is 9.59 Å². The van der Waals surface area contributed by atoms with Crippen LogP contribution in [-0.2, 0) is 9.59 Å². The van der Waals surface area contributed by atoms with E-state index in [1.165, 1.54) is 11.1 Å². The second-order valence-electron chi connectivity index (χ2n) is 8.49. The maximum absolute atomic E-state index is 11.9. The molecule has 0 aromatic heterocycles. The lowest BCUT2D eigenvalue weighted by Crippen LogP contribution is -2.23. The Balaban J connectivity index is -0.000000386. The molecule has 0 saturated heterocycles. The van der Waals surface area contributed by atoms with Crippen LogP contribution in [0.5, 0.6) is 0 Å². The Hall–Kier alpha value is -1.88. The van der Waals surface area contributed by atoms with Gasteiger partial charge in [0.2, 0.25) is 0 Å². The van der Waals surface area contributed by atoms with Crippen LogP contribution in [0.3, 0.4) is 0 Å². The molecule has 0 N–H and O–H groups in total. The molecule has 2 heteroatoms. The lowest BCUT2D eigenvalue weighted by atomic mass is 9.81. The van der Waals surface area contributed by atoms with Gasteiger partial charge in [0.25, 0.3) is 0 Å². The SMILES string of the molecule is C.CC#CC(C)C.CC(C)=C(C)C(C)C.CC1=C(C)C(=O)C(C(C)C)=C(C)C1=O. The highest BCUT2D eigenvalue weighted by Crippen LogP contribution is 2.28. The van der Waals surface area contributed by atoms with Crippen LogP contribution in [0.1, 0.15) is 97.4 Å². The van der Waals surface area contributed by atoms with Crippen molar-refractivity contribution in [3.8, 4) is 11.8 Å². The van der Waals surface area contributed by atoms with Crippen LogP contribution in [0.15, 0.2) is 33.4 Å². The van der Waals surface area contributed by atoms with Crippen molar-refractivity contribution >= 4 is 11.6 Å². The Morgan fingerprint density at radius 1 is 0.759 bits per heavy atom. The van der Waals surface area contributed by atoms with Crippen LogP contribution in [0.2, 0.25) is 0 Å². The van der Waals surface area contributed by atoms with E-state index in [9.17, 15) is 9.59 Å². The zero-order chi connectivity index (χ0) is 22.8. The third-order valence-corrected chi connectivity index (χ3v) is 4.90. The highest BCUT2D eigenvalue weighted by Gasteiger charge is 2.28. The van der Waals surface area contributed by atoms with Gasteiger partial charge in [-0.2, -0.15) is 0 Å². The molecule has 0 radical (unpaired) electrons. The summed E-state index contributed by atoms with van der Waals surface area (Å²) in [6.45, 7) is 26.1. The molecule has 0 heterocycles. The lowest BCUT2D eigenvalue weighted by molar-refractivity contribution is -0.116. The van der Waals surface area contributed by atoms with Crippen molar-refractivity contribution in [1.82, 2.24) is 0 Å². The van der Waals surface area contributed by atoms with E-state index in [0.29, 0.717) is 28.2 Å². The standard InChI is InChI=1S/C12H16O2.C8H16.C6H10.CH4/c1-6(2)10-9(5)11(13)7(3)8(4)12(10)14;1-6(2)8(5)7(3)4;1-4-5-6(2)3;/h6H,1-5H3;6H,1-5H3;6H,1-3H3;1H4. The molecule has 0 aromatic carbocycles. The van der Waals surface area contributed by atoms with E-state index in [2.05, 4.69) is 60.3 Å². The molecule has 1 aliphatic carbocycles. The minimum absolute atomic E-state index is 0. The number of hydrogen-bond donors (Lipinski definition) is 0. The quantitative estimate of drug-likeness (QED) is 0.269. The molecule has 0 unspecified atom stereocenters. The molecule has 0 atom stereocenters. The highest BCUT2D eigenvalue weighted by molar-refractivity contribution is 6.24. The number of carbonyl (C=O) groups excluding carboxylic acids is 2. The Kier molecular flexibility index (Phi) is 16.5. The first kappa shape index (κ1) is 31.8. The zero-order valence-electron chi connectivity index (χ0n) is 20.5. The number of carbonyl (C=O) groups is 2. The molecule has 0 bridgehead atoms. The van der Waals surface area contributed by atoms with E-state index in [1.807, 2.05) is 20.8 Å². The van der Waals surface area contributed by atoms with Gasteiger partial charge in [0.1, 0.15) is 0 Å². The molecule has 1 rings (SSSR count). The molecule has 0 saturated carbocycles. The monoisotopic (exact) mass is 402 g/mol.